The summed E-state index contributed by atoms with van der Waals surface area (Å²) in [5.74, 6) is 0.531. The van der Waals surface area contributed by atoms with Gasteiger partial charge in [0.25, 0.3) is 10.0 Å². The number of aromatic nitrogens is 3. The Morgan fingerprint density at radius 1 is 1.22 bits per heavy atom. The van der Waals surface area contributed by atoms with Gasteiger partial charge in [-0.25, -0.2) is 13.2 Å². The summed E-state index contributed by atoms with van der Waals surface area (Å²) in [6, 6.07) is 11.9. The van der Waals surface area contributed by atoms with Crippen LogP contribution in [0.5, 0.6) is 5.75 Å². The van der Waals surface area contributed by atoms with Crippen LogP contribution in [-0.2, 0) is 16.6 Å². The van der Waals surface area contributed by atoms with Crippen LogP contribution in [0, 0.1) is 11.3 Å². The lowest BCUT2D eigenvalue weighted by atomic mass is 9.88. The fraction of sp³-hybridized carbons (Fsp3) is 0.333. The zero-order valence-electron chi connectivity index (χ0n) is 20.0. The molecule has 1 fully saturated rings. The zero-order chi connectivity index (χ0) is 25.7. The first kappa shape index (κ1) is 25.2. The van der Waals surface area contributed by atoms with Crippen molar-refractivity contribution in [1.82, 2.24) is 24.4 Å². The molecule has 3 heterocycles. The molecule has 2 aromatic heterocycles. The van der Waals surface area contributed by atoms with E-state index in [4.69, 9.17) is 10.00 Å². The van der Waals surface area contributed by atoms with E-state index in [9.17, 15) is 13.2 Å². The molecule has 1 aliphatic rings. The van der Waals surface area contributed by atoms with Gasteiger partial charge in [0.1, 0.15) is 5.75 Å². The highest BCUT2D eigenvalue weighted by atomic mass is 32.2. The molecule has 1 aliphatic heterocycles. The Kier molecular flexibility index (Phi) is 7.52. The molecule has 0 bridgehead atoms. The Morgan fingerprint density at radius 2 is 2.00 bits per heavy atom. The number of nitrogens with one attached hydrogen (secondary N) is 2. The van der Waals surface area contributed by atoms with Gasteiger partial charge in [-0.05, 0) is 42.8 Å². The van der Waals surface area contributed by atoms with Gasteiger partial charge in [-0.2, -0.15) is 14.4 Å². The van der Waals surface area contributed by atoms with E-state index in [1.54, 1.807) is 43.8 Å². The molecule has 2 N–H and O–H groups in total. The number of piperidine rings is 1. The largest absolute Gasteiger partial charge is 0.495 e. The van der Waals surface area contributed by atoms with Gasteiger partial charge in [0.05, 0.1) is 37.4 Å². The number of nitriles is 1. The lowest BCUT2D eigenvalue weighted by Gasteiger charge is -2.38. The number of hydrogen-bond acceptors (Lipinski definition) is 8. The van der Waals surface area contributed by atoms with E-state index in [2.05, 4.69) is 31.7 Å². The van der Waals surface area contributed by atoms with Crippen LogP contribution in [0.3, 0.4) is 0 Å². The van der Waals surface area contributed by atoms with Crippen LogP contribution in [0.25, 0.3) is 0 Å². The zero-order valence-corrected chi connectivity index (χ0v) is 20.8. The molecule has 0 unspecified atom stereocenters. The Morgan fingerprint density at radius 3 is 2.61 bits per heavy atom. The van der Waals surface area contributed by atoms with E-state index in [0.29, 0.717) is 43.1 Å². The fourth-order valence-corrected chi connectivity index (χ4v) is 4.74. The van der Waals surface area contributed by atoms with Gasteiger partial charge in [0.2, 0.25) is 0 Å². The van der Waals surface area contributed by atoms with E-state index in [-0.39, 0.29) is 18.0 Å². The number of rotatable bonds is 7. The van der Waals surface area contributed by atoms with Crippen molar-refractivity contribution in [3.8, 4) is 11.8 Å². The number of urea groups is 1. The Bertz CT molecular complexity index is 1350. The molecule has 0 spiro atoms. The van der Waals surface area contributed by atoms with Gasteiger partial charge in [-0.15, -0.1) is 0 Å². The minimum absolute atomic E-state index is 0.110. The number of carbonyl (C=O) groups is 1. The number of methoxy groups -OCH3 is 1. The second-order valence-electron chi connectivity index (χ2n) is 8.63. The molecule has 3 aromatic rings. The number of nitrogens with zero attached hydrogens (tertiary/aromatic N) is 5. The minimum Gasteiger partial charge on any atom is -0.495 e. The number of ether oxygens (including phenoxy) is 1. The van der Waals surface area contributed by atoms with Crippen molar-refractivity contribution in [3.05, 3.63) is 71.8 Å². The van der Waals surface area contributed by atoms with Crippen LogP contribution in [0.15, 0.2) is 55.0 Å². The summed E-state index contributed by atoms with van der Waals surface area (Å²) in [6.07, 6.45) is 6.50. The van der Waals surface area contributed by atoms with Crippen LogP contribution < -0.4 is 15.4 Å². The molecule has 0 aliphatic carbocycles. The molecule has 4 rings (SSSR count). The lowest BCUT2D eigenvalue weighted by Crippen LogP contribution is -2.50. The predicted molar refractivity (Wildman–Crippen MR) is 133 cm³/mol. The predicted octanol–water partition coefficient (Wildman–Crippen LogP) is 2.15. The van der Waals surface area contributed by atoms with E-state index in [1.165, 1.54) is 6.20 Å². The maximum atomic E-state index is 12.8. The number of likely N-dealkylation sites (tertiary alicyclic amines) is 1. The number of amides is 2. The third kappa shape index (κ3) is 6.18. The number of hydrogen-bond donors (Lipinski definition) is 2. The fourth-order valence-electron chi connectivity index (χ4n) is 4.19. The normalized spacial score (nSPS) is 18.2. The highest BCUT2D eigenvalue weighted by Gasteiger charge is 2.33. The van der Waals surface area contributed by atoms with Crippen LogP contribution in [0.4, 0.5) is 10.5 Å². The third-order valence-corrected chi connectivity index (χ3v) is 6.90. The van der Waals surface area contributed by atoms with Crippen LogP contribution in [-0.4, -0.2) is 66.0 Å². The van der Waals surface area contributed by atoms with Gasteiger partial charge < -0.3 is 15.4 Å². The summed E-state index contributed by atoms with van der Waals surface area (Å²) >= 11 is 0. The Labute approximate surface area is 209 Å². The maximum Gasteiger partial charge on any atom is 0.319 e. The van der Waals surface area contributed by atoms with Gasteiger partial charge in [-0.3, -0.25) is 9.88 Å². The summed E-state index contributed by atoms with van der Waals surface area (Å²) in [7, 11) is -1.86. The molecular formula is C24H27N7O4S. The third-order valence-electron chi connectivity index (χ3n) is 6.02. The standard InChI is InChI=1S/C24H27N7O4S/c1-35-20-7-8-22(26-13-20)21-16-30(14-18-12-27-31(15-18)36(2,33)34)10-9-23(21)29-24(32)28-19-5-3-17(11-25)4-6-19/h3-8,12-13,15,21,23H,9-10,14,16H2,1-2H3,(H2,28,29,32)/t21-,23+/m0/s1. The first-order valence-electron chi connectivity index (χ1n) is 11.3. The molecule has 2 atom stereocenters. The molecule has 0 saturated carbocycles. The summed E-state index contributed by atoms with van der Waals surface area (Å²) < 4.78 is 29.7. The average molecular weight is 510 g/mol. The number of benzene rings is 1. The Hall–Kier alpha value is -3.95. The van der Waals surface area contributed by atoms with Crippen LogP contribution >= 0.6 is 0 Å². The van der Waals surface area contributed by atoms with Crippen molar-refractivity contribution < 1.29 is 17.9 Å². The lowest BCUT2D eigenvalue weighted by molar-refractivity contribution is 0.167. The van der Waals surface area contributed by atoms with Gasteiger partial charge in [0.15, 0.2) is 0 Å². The van der Waals surface area contributed by atoms with Crippen molar-refractivity contribution in [2.75, 3.05) is 31.8 Å². The summed E-state index contributed by atoms with van der Waals surface area (Å²) in [4.78, 5) is 19.5. The van der Waals surface area contributed by atoms with Gasteiger partial charge in [0, 0.05) is 54.7 Å². The van der Waals surface area contributed by atoms with Gasteiger partial charge >= 0.3 is 6.03 Å². The van der Waals surface area contributed by atoms with E-state index in [0.717, 1.165) is 21.6 Å². The topological polar surface area (TPSA) is 142 Å². The molecule has 0 radical (unpaired) electrons. The van der Waals surface area contributed by atoms with Crippen molar-refractivity contribution in [2.45, 2.75) is 24.9 Å². The van der Waals surface area contributed by atoms with Crippen LogP contribution in [0.1, 0.15) is 29.2 Å². The highest BCUT2D eigenvalue weighted by Crippen LogP contribution is 2.28. The molecule has 11 nitrogen and oxygen atoms in total. The number of pyridine rings is 1. The molecule has 1 saturated heterocycles. The molecule has 36 heavy (non-hydrogen) atoms. The van der Waals surface area contributed by atoms with E-state index >= 15 is 0 Å². The number of anilines is 1. The minimum atomic E-state index is -3.44. The van der Waals surface area contributed by atoms with E-state index < -0.39 is 10.0 Å². The van der Waals surface area contributed by atoms with Crippen molar-refractivity contribution in [2.24, 2.45) is 0 Å². The quantitative estimate of drug-likeness (QED) is 0.493. The molecule has 2 amide bonds. The average Bonchev–Trinajstić information content (AvgIpc) is 3.35. The van der Waals surface area contributed by atoms with Crippen LogP contribution in [0.2, 0.25) is 0 Å². The summed E-state index contributed by atoms with van der Waals surface area (Å²) in [5, 5.41) is 18.8. The Balaban J connectivity index is 1.48. The molecular weight excluding hydrogens is 482 g/mol. The smallest absolute Gasteiger partial charge is 0.319 e. The van der Waals surface area contributed by atoms with Crippen molar-refractivity contribution in [3.63, 3.8) is 0 Å². The van der Waals surface area contributed by atoms with E-state index in [1.807, 2.05) is 12.1 Å². The second kappa shape index (κ2) is 10.8. The summed E-state index contributed by atoms with van der Waals surface area (Å²) in [6.45, 7) is 1.82. The first-order valence-corrected chi connectivity index (χ1v) is 13.1. The molecule has 1 aromatic carbocycles. The van der Waals surface area contributed by atoms with Crippen molar-refractivity contribution >= 4 is 21.7 Å². The highest BCUT2D eigenvalue weighted by molar-refractivity contribution is 7.89. The SMILES string of the molecule is COc1ccc([C@@H]2CN(Cc3cnn(S(C)(=O)=O)c3)CC[C@H]2NC(=O)Nc2ccc(C#N)cc2)nc1. The summed E-state index contributed by atoms with van der Waals surface area (Å²) in [5.41, 5.74) is 2.70. The molecule has 12 heteroatoms. The number of carbonyl (C=O) groups excluding carboxylic acids is 1. The second-order valence-corrected chi connectivity index (χ2v) is 10.5. The maximum absolute atomic E-state index is 12.8. The molecule has 188 valence electrons. The first-order chi connectivity index (χ1) is 17.2. The van der Waals surface area contributed by atoms with Crippen molar-refractivity contribution in [1.29, 1.82) is 5.26 Å². The monoisotopic (exact) mass is 509 g/mol. The van der Waals surface area contributed by atoms with Gasteiger partial charge in [-0.1, -0.05) is 0 Å².